The maximum atomic E-state index is 5.64. The quantitative estimate of drug-likeness (QED) is 0.404. The third-order valence-corrected chi connectivity index (χ3v) is 3.94. The van der Waals surface area contributed by atoms with Crippen LogP contribution in [0, 0.1) is 16.7 Å². The van der Waals surface area contributed by atoms with Crippen LogP contribution in [0.5, 0.6) is 0 Å². The summed E-state index contributed by atoms with van der Waals surface area (Å²) in [6.45, 7) is 23.1. The molecule has 0 amide bonds. The van der Waals surface area contributed by atoms with E-state index in [0.29, 0.717) is 10.8 Å². The molecule has 0 radical (unpaired) electrons. The van der Waals surface area contributed by atoms with Crippen molar-refractivity contribution < 1.29 is 0 Å². The van der Waals surface area contributed by atoms with Gasteiger partial charge in [-0.2, -0.15) is 12.6 Å². The Morgan fingerprint density at radius 2 is 1.55 bits per heavy atom. The Balaban J connectivity index is -0.000000826. The second-order valence-electron chi connectivity index (χ2n) is 7.84. The molecule has 22 heavy (non-hydrogen) atoms. The minimum atomic E-state index is 0.377. The summed E-state index contributed by atoms with van der Waals surface area (Å²) < 4.78 is 0. The SMILES string of the molecule is C=C.CC(C)C(C)(C)C/C=C(\CCCN)CC(C)(C)C.CS. The van der Waals surface area contributed by atoms with Gasteiger partial charge in [0.05, 0.1) is 0 Å². The van der Waals surface area contributed by atoms with Crippen LogP contribution in [-0.2, 0) is 0 Å². The molecule has 0 rings (SSSR count). The first-order valence-electron chi connectivity index (χ1n) is 8.41. The number of nitrogens with two attached hydrogens (primary N) is 1. The first-order chi connectivity index (χ1) is 10.1. The van der Waals surface area contributed by atoms with Gasteiger partial charge in [-0.15, -0.1) is 13.2 Å². The summed E-state index contributed by atoms with van der Waals surface area (Å²) in [4.78, 5) is 0. The molecule has 0 bridgehead atoms. The van der Waals surface area contributed by atoms with E-state index in [-0.39, 0.29) is 0 Å². The zero-order valence-corrected chi connectivity index (χ0v) is 17.5. The molecule has 0 saturated heterocycles. The normalized spacial score (nSPS) is 12.2. The summed E-state index contributed by atoms with van der Waals surface area (Å²) in [6.07, 6.45) is 8.84. The first kappa shape index (κ1) is 26.7. The van der Waals surface area contributed by atoms with Crippen LogP contribution in [0.1, 0.15) is 74.1 Å². The number of hydrogen-bond donors (Lipinski definition) is 2. The Labute approximate surface area is 147 Å². The zero-order chi connectivity index (χ0) is 18.4. The molecular formula is C20H43NS. The van der Waals surface area contributed by atoms with Gasteiger partial charge >= 0.3 is 0 Å². The van der Waals surface area contributed by atoms with E-state index in [1.165, 1.54) is 19.3 Å². The van der Waals surface area contributed by atoms with Gasteiger partial charge < -0.3 is 5.73 Å². The van der Waals surface area contributed by atoms with Crippen LogP contribution in [0.4, 0.5) is 0 Å². The second kappa shape index (κ2) is 14.4. The van der Waals surface area contributed by atoms with Crippen molar-refractivity contribution in [1.29, 1.82) is 0 Å². The highest BCUT2D eigenvalue weighted by atomic mass is 32.1. The lowest BCUT2D eigenvalue weighted by molar-refractivity contribution is 0.252. The van der Waals surface area contributed by atoms with Crippen molar-refractivity contribution in [2.45, 2.75) is 74.1 Å². The number of allylic oxidation sites excluding steroid dienone is 2. The lowest BCUT2D eigenvalue weighted by Crippen LogP contribution is -2.18. The van der Waals surface area contributed by atoms with Crippen molar-refractivity contribution in [3.05, 3.63) is 24.8 Å². The molecule has 134 valence electrons. The summed E-state index contributed by atoms with van der Waals surface area (Å²) in [6, 6.07) is 0. The molecular weight excluding hydrogens is 286 g/mol. The molecule has 2 heteroatoms. The van der Waals surface area contributed by atoms with Gasteiger partial charge in [0.2, 0.25) is 0 Å². The topological polar surface area (TPSA) is 26.0 Å². The van der Waals surface area contributed by atoms with Crippen LogP contribution in [0.2, 0.25) is 0 Å². The van der Waals surface area contributed by atoms with Gasteiger partial charge in [0.15, 0.2) is 0 Å². The van der Waals surface area contributed by atoms with E-state index in [4.69, 9.17) is 5.73 Å². The smallest absolute Gasteiger partial charge is 0.00742 e. The van der Waals surface area contributed by atoms with Gasteiger partial charge in [0.1, 0.15) is 0 Å². The molecule has 0 atom stereocenters. The molecule has 0 spiro atoms. The third kappa shape index (κ3) is 16.2. The summed E-state index contributed by atoms with van der Waals surface area (Å²) in [5.41, 5.74) is 8.01. The van der Waals surface area contributed by atoms with E-state index in [1.54, 1.807) is 11.8 Å². The molecule has 0 saturated carbocycles. The summed E-state index contributed by atoms with van der Waals surface area (Å²) in [7, 11) is 0. The van der Waals surface area contributed by atoms with Gasteiger partial charge in [0, 0.05) is 0 Å². The number of thiol groups is 1. The Hall–Kier alpha value is -0.210. The second-order valence-corrected chi connectivity index (χ2v) is 7.84. The summed E-state index contributed by atoms with van der Waals surface area (Å²) in [5, 5.41) is 0. The standard InChI is InChI=1S/C17H35N.C2H4.CH4S/c1-14(2)17(6,7)11-10-15(9-8-12-18)13-16(3,4)5;2*1-2/h10,14H,8-9,11-13,18H2,1-7H3;1-2H2;2H,1H3/b15-10+;;. The fourth-order valence-corrected chi connectivity index (χ4v) is 1.92. The fraction of sp³-hybridized carbons (Fsp3) is 0.800. The van der Waals surface area contributed by atoms with Gasteiger partial charge in [-0.3, -0.25) is 0 Å². The summed E-state index contributed by atoms with van der Waals surface area (Å²) >= 11 is 3.53. The van der Waals surface area contributed by atoms with Crippen molar-refractivity contribution >= 4 is 12.6 Å². The monoisotopic (exact) mass is 329 g/mol. The van der Waals surface area contributed by atoms with Gasteiger partial charge in [-0.1, -0.05) is 60.1 Å². The Kier molecular flexibility index (Phi) is 17.4. The molecule has 0 unspecified atom stereocenters. The molecule has 0 aliphatic carbocycles. The largest absolute Gasteiger partial charge is 0.330 e. The van der Waals surface area contributed by atoms with E-state index in [0.717, 1.165) is 18.9 Å². The first-order valence-corrected chi connectivity index (χ1v) is 9.30. The Bertz CT molecular complexity index is 272. The predicted molar refractivity (Wildman–Crippen MR) is 110 cm³/mol. The molecule has 0 aliphatic heterocycles. The minimum Gasteiger partial charge on any atom is -0.330 e. The van der Waals surface area contributed by atoms with E-state index >= 15 is 0 Å². The average molecular weight is 330 g/mol. The minimum absolute atomic E-state index is 0.377. The van der Waals surface area contributed by atoms with E-state index in [1.807, 2.05) is 0 Å². The molecule has 0 aromatic rings. The maximum Gasteiger partial charge on any atom is -0.00742 e. The van der Waals surface area contributed by atoms with Crippen LogP contribution < -0.4 is 5.73 Å². The van der Waals surface area contributed by atoms with E-state index < -0.39 is 0 Å². The van der Waals surface area contributed by atoms with Crippen LogP contribution in [0.3, 0.4) is 0 Å². The molecule has 2 N–H and O–H groups in total. The lowest BCUT2D eigenvalue weighted by Gasteiger charge is -2.29. The molecule has 1 nitrogen and oxygen atoms in total. The number of rotatable bonds is 7. The Morgan fingerprint density at radius 1 is 1.09 bits per heavy atom. The number of hydrogen-bond acceptors (Lipinski definition) is 2. The highest BCUT2D eigenvalue weighted by Crippen LogP contribution is 2.33. The van der Waals surface area contributed by atoms with Crippen LogP contribution in [-0.4, -0.2) is 12.8 Å². The molecule has 0 aromatic carbocycles. The van der Waals surface area contributed by atoms with Crippen LogP contribution >= 0.6 is 12.6 Å². The zero-order valence-electron chi connectivity index (χ0n) is 16.6. The highest BCUT2D eigenvalue weighted by molar-refractivity contribution is 7.79. The van der Waals surface area contributed by atoms with E-state index in [9.17, 15) is 0 Å². The van der Waals surface area contributed by atoms with E-state index in [2.05, 4.69) is 80.3 Å². The van der Waals surface area contributed by atoms with Gasteiger partial charge in [-0.05, 0) is 55.2 Å². The third-order valence-electron chi connectivity index (χ3n) is 3.94. The van der Waals surface area contributed by atoms with Crippen molar-refractivity contribution in [3.63, 3.8) is 0 Å². The van der Waals surface area contributed by atoms with Crippen molar-refractivity contribution in [2.75, 3.05) is 12.8 Å². The molecule has 0 aliphatic rings. The molecule has 0 fully saturated rings. The predicted octanol–water partition coefficient (Wildman–Crippen LogP) is 6.51. The van der Waals surface area contributed by atoms with Gasteiger partial charge in [-0.25, -0.2) is 0 Å². The Morgan fingerprint density at radius 3 is 1.86 bits per heavy atom. The van der Waals surface area contributed by atoms with Gasteiger partial charge in [0.25, 0.3) is 0 Å². The summed E-state index contributed by atoms with van der Waals surface area (Å²) in [5.74, 6) is 0.721. The average Bonchev–Trinajstić information content (AvgIpc) is 2.45. The molecule has 0 heterocycles. The van der Waals surface area contributed by atoms with Crippen LogP contribution in [0.15, 0.2) is 24.8 Å². The fourth-order valence-electron chi connectivity index (χ4n) is 1.92. The van der Waals surface area contributed by atoms with Crippen molar-refractivity contribution in [2.24, 2.45) is 22.5 Å². The maximum absolute atomic E-state index is 5.64. The van der Waals surface area contributed by atoms with Crippen LogP contribution in [0.25, 0.3) is 0 Å². The lowest BCUT2D eigenvalue weighted by atomic mass is 9.77. The highest BCUT2D eigenvalue weighted by Gasteiger charge is 2.21. The van der Waals surface area contributed by atoms with Crippen molar-refractivity contribution in [3.8, 4) is 0 Å². The molecule has 0 aromatic heterocycles. The van der Waals surface area contributed by atoms with Crippen molar-refractivity contribution in [1.82, 2.24) is 0 Å².